The first-order valence-corrected chi connectivity index (χ1v) is 5.18. The summed E-state index contributed by atoms with van der Waals surface area (Å²) in [6.07, 6.45) is 3.81. The lowest BCUT2D eigenvalue weighted by Crippen LogP contribution is -2.04. The molecule has 4 nitrogen and oxygen atoms in total. The average Bonchev–Trinajstić information content (AvgIpc) is 1.95. The summed E-state index contributed by atoms with van der Waals surface area (Å²) >= 11 is 2.54. The third-order valence-corrected chi connectivity index (χ3v) is 2.18. The largest absolute Gasteiger partial charge is 0.379 e. The second kappa shape index (κ2) is 13.0. The van der Waals surface area contributed by atoms with Crippen LogP contribution < -0.4 is 11.5 Å². The van der Waals surface area contributed by atoms with E-state index >= 15 is 0 Å². The predicted octanol–water partition coefficient (Wildman–Crippen LogP) is 1.64. The first-order chi connectivity index (χ1) is 5.63. The molecule has 0 aliphatic rings. The molecular formula is C6H14Cl2N4S2. The molecular weight excluding hydrogens is 263 g/mol. The van der Waals surface area contributed by atoms with Crippen LogP contribution in [0.15, 0.2) is 12.2 Å². The fourth-order valence-electron chi connectivity index (χ4n) is 0.412. The minimum absolute atomic E-state index is 0. The van der Waals surface area contributed by atoms with Gasteiger partial charge in [0.1, 0.15) is 0 Å². The minimum Gasteiger partial charge on any atom is -0.379 e. The summed E-state index contributed by atoms with van der Waals surface area (Å²) < 4.78 is 0. The zero-order valence-corrected chi connectivity index (χ0v) is 10.6. The van der Waals surface area contributed by atoms with Gasteiger partial charge in [-0.2, -0.15) is 0 Å². The minimum atomic E-state index is 0. The Kier molecular flexibility index (Phi) is 18.1. The van der Waals surface area contributed by atoms with Gasteiger partial charge in [0.2, 0.25) is 0 Å². The van der Waals surface area contributed by atoms with Crippen LogP contribution in [0.4, 0.5) is 0 Å². The first kappa shape index (κ1) is 19.5. The highest BCUT2D eigenvalue weighted by Crippen LogP contribution is 2.01. The van der Waals surface area contributed by atoms with Crippen LogP contribution in [0.1, 0.15) is 0 Å². The molecule has 0 aromatic rings. The number of hydrogen-bond donors (Lipinski definition) is 4. The Labute approximate surface area is 104 Å². The van der Waals surface area contributed by atoms with E-state index in [4.69, 9.17) is 22.3 Å². The molecule has 0 radical (unpaired) electrons. The Morgan fingerprint density at radius 3 is 1.43 bits per heavy atom. The van der Waals surface area contributed by atoms with E-state index in [0.29, 0.717) is 11.5 Å². The zero-order chi connectivity index (χ0) is 9.40. The highest BCUT2D eigenvalue weighted by Gasteiger charge is 1.87. The molecule has 84 valence electrons. The van der Waals surface area contributed by atoms with E-state index in [0.717, 1.165) is 0 Å². The molecule has 8 heteroatoms. The topological polar surface area (TPSA) is 99.7 Å². The van der Waals surface area contributed by atoms with E-state index in [1.54, 1.807) is 0 Å². The van der Waals surface area contributed by atoms with Crippen molar-refractivity contribution in [3.63, 3.8) is 0 Å². The lowest BCUT2D eigenvalue weighted by Gasteiger charge is -1.92. The quantitative estimate of drug-likeness (QED) is 0.356. The molecule has 0 atom stereocenters. The van der Waals surface area contributed by atoms with E-state index in [-0.39, 0.29) is 35.1 Å². The van der Waals surface area contributed by atoms with Crippen LogP contribution in [-0.2, 0) is 0 Å². The molecule has 0 saturated carbocycles. The van der Waals surface area contributed by atoms with E-state index in [1.807, 2.05) is 12.2 Å². The predicted molar refractivity (Wildman–Crippen MR) is 72.4 cm³/mol. The van der Waals surface area contributed by atoms with Gasteiger partial charge in [0, 0.05) is 11.5 Å². The molecule has 0 heterocycles. The molecule has 6 N–H and O–H groups in total. The summed E-state index contributed by atoms with van der Waals surface area (Å²) in [4.78, 5) is 0. The molecule has 0 bridgehead atoms. The number of amidine groups is 2. The van der Waals surface area contributed by atoms with Crippen molar-refractivity contribution in [3.05, 3.63) is 12.2 Å². The molecule has 0 amide bonds. The van der Waals surface area contributed by atoms with Gasteiger partial charge in [-0.15, -0.1) is 24.8 Å². The van der Waals surface area contributed by atoms with Crippen LogP contribution in [-0.4, -0.2) is 21.8 Å². The monoisotopic (exact) mass is 276 g/mol. The molecule has 0 aromatic heterocycles. The maximum atomic E-state index is 6.89. The van der Waals surface area contributed by atoms with Crippen molar-refractivity contribution < 1.29 is 0 Å². The van der Waals surface area contributed by atoms with Crippen LogP contribution in [0.25, 0.3) is 0 Å². The lowest BCUT2D eigenvalue weighted by molar-refractivity contribution is 1.50. The molecule has 0 unspecified atom stereocenters. The Bertz CT molecular complexity index is 178. The third-order valence-electron chi connectivity index (χ3n) is 0.837. The zero-order valence-electron chi connectivity index (χ0n) is 7.36. The highest BCUT2D eigenvalue weighted by molar-refractivity contribution is 8.14. The van der Waals surface area contributed by atoms with Gasteiger partial charge in [-0.1, -0.05) is 35.7 Å². The van der Waals surface area contributed by atoms with Gasteiger partial charge in [0.25, 0.3) is 0 Å². The van der Waals surface area contributed by atoms with Gasteiger partial charge in [-0.3, -0.25) is 10.8 Å². The Morgan fingerprint density at radius 2 is 1.21 bits per heavy atom. The Balaban J connectivity index is -0.000000605. The molecule has 14 heavy (non-hydrogen) atoms. The van der Waals surface area contributed by atoms with E-state index < -0.39 is 0 Å². The van der Waals surface area contributed by atoms with Crippen LogP contribution in [0.2, 0.25) is 0 Å². The standard InChI is InChI=1S/C6H12N4S2.2ClH/c7-5(8)11-3-1-2-4-12-6(9)10;;/h1-2H,3-4H2,(H3,7,8)(H3,9,10);2*1H. The van der Waals surface area contributed by atoms with Crippen molar-refractivity contribution in [2.24, 2.45) is 11.5 Å². The van der Waals surface area contributed by atoms with Gasteiger partial charge in [-0.05, 0) is 0 Å². The molecule has 0 saturated heterocycles. The SMILES string of the molecule is Cl.Cl.N=C(N)SCC=CCSC(=N)N. The van der Waals surface area contributed by atoms with Gasteiger partial charge >= 0.3 is 0 Å². The van der Waals surface area contributed by atoms with Gasteiger partial charge in [-0.25, -0.2) is 0 Å². The second-order valence-corrected chi connectivity index (χ2v) is 3.95. The summed E-state index contributed by atoms with van der Waals surface area (Å²) in [5.74, 6) is 1.40. The van der Waals surface area contributed by atoms with Crippen molar-refractivity contribution in [2.45, 2.75) is 0 Å². The average molecular weight is 277 g/mol. The maximum Gasteiger partial charge on any atom is 0.151 e. The second-order valence-electron chi connectivity index (χ2n) is 1.82. The van der Waals surface area contributed by atoms with Gasteiger partial charge in [0.15, 0.2) is 10.3 Å². The lowest BCUT2D eigenvalue weighted by atomic mass is 10.6. The number of nitrogens with one attached hydrogen (secondary N) is 2. The van der Waals surface area contributed by atoms with Crippen molar-refractivity contribution in [3.8, 4) is 0 Å². The van der Waals surface area contributed by atoms with Crippen molar-refractivity contribution in [1.82, 2.24) is 0 Å². The normalized spacial score (nSPS) is 8.86. The summed E-state index contributed by atoms with van der Waals surface area (Å²) in [6.45, 7) is 0. The van der Waals surface area contributed by atoms with Crippen LogP contribution in [0, 0.1) is 10.8 Å². The van der Waals surface area contributed by atoms with Crippen LogP contribution in [0.5, 0.6) is 0 Å². The number of rotatable bonds is 4. The van der Waals surface area contributed by atoms with Crippen molar-refractivity contribution in [1.29, 1.82) is 10.8 Å². The first-order valence-electron chi connectivity index (χ1n) is 3.21. The van der Waals surface area contributed by atoms with E-state index in [2.05, 4.69) is 0 Å². The third kappa shape index (κ3) is 17.9. The number of thioether (sulfide) groups is 2. The molecule has 0 rings (SSSR count). The fraction of sp³-hybridized carbons (Fsp3) is 0.333. The summed E-state index contributed by atoms with van der Waals surface area (Å²) in [5.41, 5.74) is 10.2. The van der Waals surface area contributed by atoms with E-state index in [1.165, 1.54) is 23.5 Å². The van der Waals surface area contributed by atoms with Crippen molar-refractivity contribution in [2.75, 3.05) is 11.5 Å². The highest BCUT2D eigenvalue weighted by atomic mass is 35.5. The molecule has 0 spiro atoms. The Hall–Kier alpha value is -0.0400. The Morgan fingerprint density at radius 1 is 0.929 bits per heavy atom. The number of halogens is 2. The molecule has 0 aliphatic heterocycles. The smallest absolute Gasteiger partial charge is 0.151 e. The van der Waals surface area contributed by atoms with Gasteiger partial charge < -0.3 is 11.5 Å². The number of nitrogens with two attached hydrogens (primary N) is 2. The van der Waals surface area contributed by atoms with Crippen molar-refractivity contribution >= 4 is 58.7 Å². The summed E-state index contributed by atoms with van der Waals surface area (Å²) in [5, 5.41) is 14.0. The molecule has 0 aliphatic carbocycles. The van der Waals surface area contributed by atoms with Crippen LogP contribution in [0.3, 0.4) is 0 Å². The summed E-state index contributed by atoms with van der Waals surface area (Å²) in [6, 6.07) is 0. The maximum absolute atomic E-state index is 6.89. The molecule has 0 aromatic carbocycles. The number of hydrogen-bond acceptors (Lipinski definition) is 4. The van der Waals surface area contributed by atoms with E-state index in [9.17, 15) is 0 Å². The molecule has 0 fully saturated rings. The fourth-order valence-corrected chi connectivity index (χ4v) is 1.24. The van der Waals surface area contributed by atoms with Crippen LogP contribution >= 0.6 is 48.3 Å². The summed E-state index contributed by atoms with van der Waals surface area (Å²) in [7, 11) is 0. The van der Waals surface area contributed by atoms with Gasteiger partial charge in [0.05, 0.1) is 0 Å².